The number of nitrogens with two attached hydrogens (primary N) is 1. The van der Waals surface area contributed by atoms with Gasteiger partial charge in [-0.05, 0) is 13.3 Å². The third-order valence-corrected chi connectivity index (χ3v) is 4.96. The van der Waals surface area contributed by atoms with Gasteiger partial charge in [0.1, 0.15) is 11.6 Å². The molecule has 0 aliphatic heterocycles. The molecule has 0 amide bonds. The van der Waals surface area contributed by atoms with Crippen LogP contribution in [0.25, 0.3) is 0 Å². The van der Waals surface area contributed by atoms with Crippen LogP contribution in [0.3, 0.4) is 0 Å². The van der Waals surface area contributed by atoms with E-state index in [4.69, 9.17) is 5.73 Å². The highest BCUT2D eigenvalue weighted by Crippen LogP contribution is 2.23. The molecule has 0 saturated heterocycles. The highest BCUT2D eigenvalue weighted by Gasteiger charge is 2.28. The van der Waals surface area contributed by atoms with Crippen LogP contribution < -0.4 is 10.3 Å². The number of anilines is 1. The fourth-order valence-electron chi connectivity index (χ4n) is 2.23. The van der Waals surface area contributed by atoms with Crippen molar-refractivity contribution in [3.8, 4) is 0 Å². The topological polar surface area (TPSA) is 96.1 Å². The zero-order chi connectivity index (χ0) is 15.6. The van der Waals surface area contributed by atoms with Gasteiger partial charge in [-0.15, -0.1) is 0 Å². The number of rotatable bonds is 5. The predicted molar refractivity (Wildman–Crippen MR) is 81.0 cm³/mol. The van der Waals surface area contributed by atoms with E-state index in [1.54, 1.807) is 13.1 Å². The van der Waals surface area contributed by atoms with Gasteiger partial charge in [0.05, 0.1) is 17.0 Å². The first kappa shape index (κ1) is 15.8. The van der Waals surface area contributed by atoms with Gasteiger partial charge in [0.25, 0.3) is 5.01 Å². The molecular weight excluding hydrogens is 288 g/mol. The summed E-state index contributed by atoms with van der Waals surface area (Å²) >= 11 is 1.52. The van der Waals surface area contributed by atoms with Crippen molar-refractivity contribution in [2.75, 3.05) is 12.3 Å². The maximum absolute atomic E-state index is 10.0. The summed E-state index contributed by atoms with van der Waals surface area (Å²) in [5, 5.41) is 20.0. The fraction of sp³-hybridized carbons (Fsp3) is 0.500. The number of thiazole rings is 1. The van der Waals surface area contributed by atoms with Gasteiger partial charge in [-0.3, -0.25) is 0 Å². The van der Waals surface area contributed by atoms with E-state index < -0.39 is 6.10 Å². The molecule has 2 rings (SSSR count). The average Bonchev–Trinajstić information content (AvgIpc) is 2.78. The molecule has 2 heterocycles. The van der Waals surface area contributed by atoms with Crippen molar-refractivity contribution in [2.45, 2.75) is 39.8 Å². The molecule has 1 unspecified atom stereocenters. The zero-order valence-corrected chi connectivity index (χ0v) is 13.3. The van der Waals surface area contributed by atoms with Crippen LogP contribution in [-0.2, 0) is 13.0 Å². The smallest absolute Gasteiger partial charge is 0.269 e. The van der Waals surface area contributed by atoms with E-state index in [0.717, 1.165) is 22.7 Å². The van der Waals surface area contributed by atoms with Crippen LogP contribution in [0.15, 0.2) is 6.20 Å². The Hall–Kier alpha value is -1.57. The first-order chi connectivity index (χ1) is 9.97. The summed E-state index contributed by atoms with van der Waals surface area (Å²) in [6, 6.07) is 0. The molecule has 0 saturated carbocycles. The Morgan fingerprint density at radius 2 is 2.14 bits per heavy atom. The predicted octanol–water partition coefficient (Wildman–Crippen LogP) is 0.661. The molecule has 2 aromatic rings. The number of hydrogen-bond acceptors (Lipinski definition) is 6. The van der Waals surface area contributed by atoms with Gasteiger partial charge in [-0.25, -0.2) is 9.97 Å². The molecule has 114 valence electrons. The third kappa shape index (κ3) is 3.20. The number of aromatic nitrogens is 3. The number of nitrogen functional groups attached to an aromatic ring is 1. The summed E-state index contributed by atoms with van der Waals surface area (Å²) in [6.45, 7) is 6.05. The molecule has 0 radical (unpaired) electrons. The summed E-state index contributed by atoms with van der Waals surface area (Å²) in [5.41, 5.74) is 7.82. The number of aliphatic hydroxyl groups is 2. The molecular formula is C14H21N4O2S+. The van der Waals surface area contributed by atoms with Crippen molar-refractivity contribution in [1.82, 2.24) is 9.97 Å². The average molecular weight is 309 g/mol. The molecule has 0 aliphatic carbocycles. The van der Waals surface area contributed by atoms with Gasteiger partial charge < -0.3 is 15.9 Å². The highest BCUT2D eigenvalue weighted by molar-refractivity contribution is 7.11. The van der Waals surface area contributed by atoms with Crippen LogP contribution in [0.2, 0.25) is 0 Å². The summed E-state index contributed by atoms with van der Waals surface area (Å²) in [6.07, 6.45) is 1.71. The number of hydrogen-bond donors (Lipinski definition) is 3. The van der Waals surface area contributed by atoms with E-state index in [1.165, 1.54) is 16.2 Å². The van der Waals surface area contributed by atoms with E-state index in [9.17, 15) is 10.2 Å². The standard InChI is InChI=1S/C14H21N4O2S/c1-4-12-8(2)18(14(21-12)11(20)7-19)6-10-5-16-9(3)17-13(10)15/h5,11,19-20H,4,6-7H2,1-3H3,(H2,15,16,17)/q+1. The molecule has 0 aromatic carbocycles. The highest BCUT2D eigenvalue weighted by atomic mass is 32.1. The minimum Gasteiger partial charge on any atom is -0.393 e. The van der Waals surface area contributed by atoms with Crippen molar-refractivity contribution in [3.63, 3.8) is 0 Å². The van der Waals surface area contributed by atoms with Gasteiger partial charge in [0, 0.05) is 13.1 Å². The van der Waals surface area contributed by atoms with Crippen molar-refractivity contribution in [1.29, 1.82) is 0 Å². The minimum atomic E-state index is -0.887. The molecule has 0 fully saturated rings. The van der Waals surface area contributed by atoms with Crippen molar-refractivity contribution >= 4 is 17.2 Å². The van der Waals surface area contributed by atoms with Crippen LogP contribution in [0, 0.1) is 13.8 Å². The lowest BCUT2D eigenvalue weighted by molar-refractivity contribution is -0.700. The Labute approximate surface area is 127 Å². The van der Waals surface area contributed by atoms with Gasteiger partial charge in [0.2, 0.25) is 0 Å². The maximum Gasteiger partial charge on any atom is 0.269 e. The number of nitrogens with zero attached hydrogens (tertiary/aromatic N) is 3. The van der Waals surface area contributed by atoms with E-state index >= 15 is 0 Å². The summed E-state index contributed by atoms with van der Waals surface area (Å²) in [5.74, 6) is 1.08. The van der Waals surface area contributed by atoms with Crippen LogP contribution >= 0.6 is 11.3 Å². The molecule has 0 bridgehead atoms. The SMILES string of the molecule is CCc1sc(C(O)CO)[n+](Cc2cnc(C)nc2N)c1C. The number of aliphatic hydroxyl groups excluding tert-OH is 2. The molecule has 4 N–H and O–H groups in total. The second-order valence-electron chi connectivity index (χ2n) is 4.91. The van der Waals surface area contributed by atoms with E-state index in [-0.39, 0.29) is 6.61 Å². The van der Waals surface area contributed by atoms with Gasteiger partial charge >= 0.3 is 0 Å². The molecule has 21 heavy (non-hydrogen) atoms. The van der Waals surface area contributed by atoms with Crippen LogP contribution in [0.4, 0.5) is 5.82 Å². The normalized spacial score (nSPS) is 12.6. The number of aryl methyl sites for hydroxylation is 2. The van der Waals surface area contributed by atoms with Crippen molar-refractivity contribution in [3.05, 3.63) is 33.2 Å². The zero-order valence-electron chi connectivity index (χ0n) is 12.5. The Kier molecular flexibility index (Phi) is 4.87. The van der Waals surface area contributed by atoms with Crippen LogP contribution in [-0.4, -0.2) is 26.8 Å². The molecule has 0 spiro atoms. The summed E-state index contributed by atoms with van der Waals surface area (Å²) in [4.78, 5) is 9.52. The molecule has 7 heteroatoms. The summed E-state index contributed by atoms with van der Waals surface area (Å²) in [7, 11) is 0. The van der Waals surface area contributed by atoms with Crippen LogP contribution in [0.5, 0.6) is 0 Å². The quantitative estimate of drug-likeness (QED) is 0.705. The Bertz CT molecular complexity index is 642. The molecule has 0 aliphatic rings. The monoisotopic (exact) mass is 309 g/mol. The van der Waals surface area contributed by atoms with E-state index in [2.05, 4.69) is 16.9 Å². The third-order valence-electron chi connectivity index (χ3n) is 3.43. The second-order valence-corrected chi connectivity index (χ2v) is 6.03. The lowest BCUT2D eigenvalue weighted by Gasteiger charge is -2.06. The van der Waals surface area contributed by atoms with E-state index in [1.807, 2.05) is 11.5 Å². The largest absolute Gasteiger partial charge is 0.393 e. The molecule has 2 aromatic heterocycles. The van der Waals surface area contributed by atoms with Gasteiger partial charge in [-0.1, -0.05) is 18.3 Å². The van der Waals surface area contributed by atoms with Crippen molar-refractivity contribution < 1.29 is 14.8 Å². The first-order valence-electron chi connectivity index (χ1n) is 6.86. The van der Waals surface area contributed by atoms with Gasteiger partial charge in [0.15, 0.2) is 18.3 Å². The maximum atomic E-state index is 10.0. The van der Waals surface area contributed by atoms with E-state index in [0.29, 0.717) is 18.2 Å². The molecule has 6 nitrogen and oxygen atoms in total. The van der Waals surface area contributed by atoms with Crippen LogP contribution in [0.1, 0.15) is 40.0 Å². The minimum absolute atomic E-state index is 0.303. The first-order valence-corrected chi connectivity index (χ1v) is 7.68. The van der Waals surface area contributed by atoms with Crippen molar-refractivity contribution in [2.24, 2.45) is 0 Å². The lowest BCUT2D eigenvalue weighted by Crippen LogP contribution is -2.41. The fourth-order valence-corrected chi connectivity index (χ4v) is 3.40. The second kappa shape index (κ2) is 6.46. The Morgan fingerprint density at radius 3 is 2.71 bits per heavy atom. The Morgan fingerprint density at radius 1 is 1.43 bits per heavy atom. The lowest BCUT2D eigenvalue weighted by atomic mass is 10.2. The summed E-state index contributed by atoms with van der Waals surface area (Å²) < 4.78 is 1.98. The Balaban J connectivity index is 2.44. The molecule has 1 atom stereocenters. The van der Waals surface area contributed by atoms with Gasteiger partial charge in [-0.2, -0.15) is 4.57 Å².